The summed E-state index contributed by atoms with van der Waals surface area (Å²) >= 11 is 0. The molecular weight excluding hydrogens is 236 g/mol. The minimum atomic E-state index is 0.742. The Balaban J connectivity index is 1.53. The van der Waals surface area contributed by atoms with E-state index in [9.17, 15) is 0 Å². The number of methoxy groups -OCH3 is 1. The van der Waals surface area contributed by atoms with Gasteiger partial charge in [0.15, 0.2) is 0 Å². The summed E-state index contributed by atoms with van der Waals surface area (Å²) in [5.41, 5.74) is 1.33. The van der Waals surface area contributed by atoms with Gasteiger partial charge in [-0.05, 0) is 36.8 Å². The van der Waals surface area contributed by atoms with Crippen molar-refractivity contribution in [3.8, 4) is 5.75 Å². The predicted octanol–water partition coefficient (Wildman–Crippen LogP) is 1.92. The highest BCUT2D eigenvalue weighted by Crippen LogP contribution is 2.33. The van der Waals surface area contributed by atoms with Crippen molar-refractivity contribution in [3.63, 3.8) is 0 Å². The number of nitrogens with one attached hydrogen (secondary N) is 1. The van der Waals surface area contributed by atoms with Gasteiger partial charge in [0.1, 0.15) is 5.75 Å². The van der Waals surface area contributed by atoms with Crippen molar-refractivity contribution in [2.45, 2.75) is 25.3 Å². The van der Waals surface area contributed by atoms with Crippen LogP contribution in [0.25, 0.3) is 0 Å². The van der Waals surface area contributed by atoms with Crippen LogP contribution >= 0.6 is 0 Å². The zero-order valence-corrected chi connectivity index (χ0v) is 11.8. The number of hydrogen-bond donors (Lipinski definition) is 1. The molecule has 2 aliphatic rings. The lowest BCUT2D eigenvalue weighted by Gasteiger charge is -2.34. The van der Waals surface area contributed by atoms with Gasteiger partial charge in [-0.3, -0.25) is 0 Å². The summed E-state index contributed by atoms with van der Waals surface area (Å²) in [6.07, 6.45) is 3.94. The molecule has 0 amide bonds. The van der Waals surface area contributed by atoms with Crippen LogP contribution in [0.15, 0.2) is 24.3 Å². The smallest absolute Gasteiger partial charge is 0.122 e. The molecule has 1 unspecified atom stereocenters. The summed E-state index contributed by atoms with van der Waals surface area (Å²) < 4.78 is 5.42. The Morgan fingerprint density at radius 1 is 1.32 bits per heavy atom. The van der Waals surface area contributed by atoms with Gasteiger partial charge >= 0.3 is 0 Å². The molecule has 1 aliphatic carbocycles. The Morgan fingerprint density at radius 3 is 2.95 bits per heavy atom. The second-order valence-corrected chi connectivity index (χ2v) is 5.76. The van der Waals surface area contributed by atoms with Crippen molar-refractivity contribution < 1.29 is 4.74 Å². The van der Waals surface area contributed by atoms with Crippen molar-refractivity contribution >= 4 is 0 Å². The SMILES string of the molecule is COc1ccccc1CCN1CCNC(C2CC2)C1. The van der Waals surface area contributed by atoms with Crippen LogP contribution in [0.5, 0.6) is 5.75 Å². The topological polar surface area (TPSA) is 24.5 Å². The van der Waals surface area contributed by atoms with Gasteiger partial charge in [-0.2, -0.15) is 0 Å². The van der Waals surface area contributed by atoms with Crippen LogP contribution < -0.4 is 10.1 Å². The molecule has 1 aromatic carbocycles. The molecule has 0 aromatic heterocycles. The van der Waals surface area contributed by atoms with Crippen LogP contribution in [-0.2, 0) is 6.42 Å². The summed E-state index contributed by atoms with van der Waals surface area (Å²) in [6.45, 7) is 4.69. The van der Waals surface area contributed by atoms with Crippen molar-refractivity contribution in [1.29, 1.82) is 0 Å². The van der Waals surface area contributed by atoms with E-state index in [0.717, 1.165) is 37.2 Å². The lowest BCUT2D eigenvalue weighted by molar-refractivity contribution is 0.190. The highest BCUT2D eigenvalue weighted by molar-refractivity contribution is 5.33. The highest BCUT2D eigenvalue weighted by Gasteiger charge is 2.33. The third-order valence-electron chi connectivity index (χ3n) is 4.37. The third-order valence-corrected chi connectivity index (χ3v) is 4.37. The minimum absolute atomic E-state index is 0.742. The predicted molar refractivity (Wildman–Crippen MR) is 77.7 cm³/mol. The van der Waals surface area contributed by atoms with E-state index in [2.05, 4.69) is 28.4 Å². The Hall–Kier alpha value is -1.06. The molecule has 2 fully saturated rings. The molecule has 0 spiro atoms. The molecule has 0 bridgehead atoms. The summed E-state index contributed by atoms with van der Waals surface area (Å²) in [5, 5.41) is 3.67. The van der Waals surface area contributed by atoms with Crippen molar-refractivity contribution in [3.05, 3.63) is 29.8 Å². The minimum Gasteiger partial charge on any atom is -0.496 e. The van der Waals surface area contributed by atoms with Gasteiger partial charge in [-0.15, -0.1) is 0 Å². The fourth-order valence-electron chi connectivity index (χ4n) is 3.05. The number of nitrogens with zero attached hydrogens (tertiary/aromatic N) is 1. The van der Waals surface area contributed by atoms with Gasteiger partial charge in [0, 0.05) is 32.2 Å². The summed E-state index contributed by atoms with van der Waals surface area (Å²) in [4.78, 5) is 2.60. The van der Waals surface area contributed by atoms with Crippen LogP contribution in [0.2, 0.25) is 0 Å². The largest absolute Gasteiger partial charge is 0.496 e. The monoisotopic (exact) mass is 260 g/mol. The molecule has 3 rings (SSSR count). The molecule has 3 heteroatoms. The number of benzene rings is 1. The summed E-state index contributed by atoms with van der Waals surface area (Å²) in [6, 6.07) is 9.12. The third kappa shape index (κ3) is 3.28. The average molecular weight is 260 g/mol. The Bertz CT molecular complexity index is 417. The van der Waals surface area contributed by atoms with Gasteiger partial charge in [-0.25, -0.2) is 0 Å². The zero-order chi connectivity index (χ0) is 13.1. The molecule has 1 atom stereocenters. The first-order valence-corrected chi connectivity index (χ1v) is 7.44. The normalized spacial score (nSPS) is 24.4. The molecule has 0 radical (unpaired) electrons. The van der Waals surface area contributed by atoms with Crippen molar-refractivity contribution in [1.82, 2.24) is 10.2 Å². The first kappa shape index (κ1) is 12.9. The van der Waals surface area contributed by atoms with Gasteiger partial charge in [0.2, 0.25) is 0 Å². The van der Waals surface area contributed by atoms with Crippen molar-refractivity contribution in [2.75, 3.05) is 33.3 Å². The number of piperazine rings is 1. The number of hydrogen-bond acceptors (Lipinski definition) is 3. The Kier molecular flexibility index (Phi) is 4.04. The van der Waals surface area contributed by atoms with Crippen LogP contribution in [0, 0.1) is 5.92 Å². The van der Waals surface area contributed by atoms with E-state index in [-0.39, 0.29) is 0 Å². The lowest BCUT2D eigenvalue weighted by Crippen LogP contribution is -2.52. The van der Waals surface area contributed by atoms with E-state index in [4.69, 9.17) is 4.74 Å². The van der Waals surface area contributed by atoms with E-state index < -0.39 is 0 Å². The van der Waals surface area contributed by atoms with Crippen LogP contribution in [0.4, 0.5) is 0 Å². The molecular formula is C16H24N2O. The van der Waals surface area contributed by atoms with E-state index in [0.29, 0.717) is 0 Å². The van der Waals surface area contributed by atoms with Crippen LogP contribution in [-0.4, -0.2) is 44.2 Å². The molecule has 1 aromatic rings. The fraction of sp³-hybridized carbons (Fsp3) is 0.625. The number of ether oxygens (including phenoxy) is 1. The second kappa shape index (κ2) is 5.93. The first-order chi connectivity index (χ1) is 9.36. The van der Waals surface area contributed by atoms with Gasteiger partial charge in [0.25, 0.3) is 0 Å². The van der Waals surface area contributed by atoms with Gasteiger partial charge in [0.05, 0.1) is 7.11 Å². The molecule has 1 N–H and O–H groups in total. The van der Waals surface area contributed by atoms with E-state index in [1.807, 2.05) is 6.07 Å². The molecule has 104 valence electrons. The second-order valence-electron chi connectivity index (χ2n) is 5.76. The lowest BCUT2D eigenvalue weighted by atomic mass is 10.1. The molecule has 3 nitrogen and oxygen atoms in total. The van der Waals surface area contributed by atoms with Gasteiger partial charge < -0.3 is 15.0 Å². The maximum atomic E-state index is 5.42. The quantitative estimate of drug-likeness (QED) is 0.875. The molecule has 1 saturated carbocycles. The molecule has 19 heavy (non-hydrogen) atoms. The van der Waals surface area contributed by atoms with E-state index in [1.165, 1.54) is 31.5 Å². The molecule has 1 aliphatic heterocycles. The van der Waals surface area contributed by atoms with E-state index in [1.54, 1.807) is 7.11 Å². The first-order valence-electron chi connectivity index (χ1n) is 7.44. The van der Waals surface area contributed by atoms with Crippen LogP contribution in [0.3, 0.4) is 0 Å². The fourth-order valence-corrected chi connectivity index (χ4v) is 3.05. The average Bonchev–Trinajstić information content (AvgIpc) is 3.30. The zero-order valence-electron chi connectivity index (χ0n) is 11.8. The maximum absolute atomic E-state index is 5.42. The Labute approximate surface area is 115 Å². The molecule has 1 saturated heterocycles. The summed E-state index contributed by atoms with van der Waals surface area (Å²) in [5.74, 6) is 1.98. The van der Waals surface area contributed by atoms with E-state index >= 15 is 0 Å². The summed E-state index contributed by atoms with van der Waals surface area (Å²) in [7, 11) is 1.76. The Morgan fingerprint density at radius 2 is 2.16 bits per heavy atom. The number of rotatable bonds is 5. The van der Waals surface area contributed by atoms with Crippen LogP contribution in [0.1, 0.15) is 18.4 Å². The maximum Gasteiger partial charge on any atom is 0.122 e. The standard InChI is InChI=1S/C16H24N2O/c1-19-16-5-3-2-4-14(16)8-10-18-11-9-17-15(12-18)13-6-7-13/h2-5,13,15,17H,6-12H2,1H3. The molecule has 1 heterocycles. The van der Waals surface area contributed by atoms with Crippen molar-refractivity contribution in [2.24, 2.45) is 5.92 Å². The number of para-hydroxylation sites is 1. The van der Waals surface area contributed by atoms with Gasteiger partial charge in [-0.1, -0.05) is 18.2 Å². The highest BCUT2D eigenvalue weighted by atomic mass is 16.5.